The smallest absolute Gasteiger partial charge is 0.0594 e. The minimum Gasteiger partial charge on any atom is -0.379 e. The van der Waals surface area contributed by atoms with Crippen LogP contribution >= 0.6 is 0 Å². The van der Waals surface area contributed by atoms with Gasteiger partial charge < -0.3 is 10.1 Å². The summed E-state index contributed by atoms with van der Waals surface area (Å²) >= 11 is 0. The molecule has 0 radical (unpaired) electrons. The Morgan fingerprint density at radius 3 is 1.93 bits per heavy atom. The van der Waals surface area contributed by atoms with Crippen LogP contribution in [0.3, 0.4) is 0 Å². The fraction of sp³-hybridized carbons (Fsp3) is 1.00. The molecule has 0 amide bonds. The van der Waals surface area contributed by atoms with E-state index in [1.165, 1.54) is 13.0 Å². The van der Waals surface area contributed by atoms with Crippen molar-refractivity contribution in [2.45, 2.75) is 34.1 Å². The van der Waals surface area contributed by atoms with Crippen molar-refractivity contribution in [1.29, 1.82) is 0 Å². The van der Waals surface area contributed by atoms with Crippen LogP contribution < -0.4 is 5.32 Å². The van der Waals surface area contributed by atoms with Crippen LogP contribution in [0.5, 0.6) is 0 Å². The van der Waals surface area contributed by atoms with Gasteiger partial charge in [0.25, 0.3) is 0 Å². The Bertz CT molecular complexity index is 97.0. The molecule has 1 rings (SSSR count). The van der Waals surface area contributed by atoms with Crippen molar-refractivity contribution in [2.75, 3.05) is 46.4 Å². The molecule has 0 saturated carbocycles. The Balaban J connectivity index is -0.000000187. The van der Waals surface area contributed by atoms with Gasteiger partial charge in [-0.05, 0) is 26.6 Å². The van der Waals surface area contributed by atoms with Crippen molar-refractivity contribution in [1.82, 2.24) is 10.2 Å². The van der Waals surface area contributed by atoms with Crippen molar-refractivity contribution < 1.29 is 6.16 Å². The lowest BCUT2D eigenvalue weighted by Gasteiger charge is -2.24. The quantitative estimate of drug-likeness (QED) is 0.789. The number of ether oxygens (including phenoxy) is 1. The fourth-order valence-electron chi connectivity index (χ4n) is 1.17. The lowest BCUT2D eigenvalue weighted by molar-refractivity contribution is 0.0405. The molecule has 0 aromatic heterocycles. The highest BCUT2D eigenvalue weighted by Crippen LogP contribution is 1.93. The average Bonchev–Trinajstić information content (AvgIpc) is 2.34. The second kappa shape index (κ2) is 16.3. The molecule has 3 heteroatoms. The third-order valence-corrected chi connectivity index (χ3v) is 2.05. The van der Waals surface area contributed by atoms with Gasteiger partial charge in [0.1, 0.15) is 0 Å². The Morgan fingerprint density at radius 1 is 1.20 bits per heavy atom. The van der Waals surface area contributed by atoms with Gasteiger partial charge in [-0.2, -0.15) is 0 Å². The summed E-state index contributed by atoms with van der Waals surface area (Å²) in [5.41, 5.74) is 0. The van der Waals surface area contributed by atoms with Gasteiger partial charge in [0.2, 0.25) is 0 Å². The summed E-state index contributed by atoms with van der Waals surface area (Å²) in [6, 6.07) is 0. The highest BCUT2D eigenvalue weighted by atomic mass is 16.5. The number of likely N-dealkylation sites (N-methyl/N-ethyl adjacent to an activating group) is 1. The average molecular weight is 220 g/mol. The van der Waals surface area contributed by atoms with E-state index in [-0.39, 0.29) is 1.43 Å². The van der Waals surface area contributed by atoms with Crippen LogP contribution in [0.4, 0.5) is 0 Å². The highest BCUT2D eigenvalue weighted by molar-refractivity contribution is 4.57. The molecule has 0 bridgehead atoms. The van der Waals surface area contributed by atoms with Crippen molar-refractivity contribution in [3.05, 3.63) is 0 Å². The number of hydrogen-bond donors (Lipinski definition) is 1. The molecule has 1 aliphatic heterocycles. The van der Waals surface area contributed by atoms with Crippen LogP contribution in [0, 0.1) is 0 Å². The molecule has 1 heterocycles. The van der Waals surface area contributed by atoms with Gasteiger partial charge in [0.15, 0.2) is 0 Å². The van der Waals surface area contributed by atoms with E-state index in [1.807, 2.05) is 20.9 Å². The maximum atomic E-state index is 5.16. The van der Waals surface area contributed by atoms with Crippen molar-refractivity contribution in [3.8, 4) is 0 Å². The van der Waals surface area contributed by atoms with Crippen LogP contribution in [-0.2, 0) is 4.74 Å². The van der Waals surface area contributed by atoms with E-state index < -0.39 is 0 Å². The lowest BCUT2D eigenvalue weighted by atomic mass is 10.4. The molecule has 0 atom stereocenters. The van der Waals surface area contributed by atoms with E-state index >= 15 is 0 Å². The molecule has 0 spiro atoms. The molecule has 3 nitrogen and oxygen atoms in total. The van der Waals surface area contributed by atoms with Crippen LogP contribution in [0.2, 0.25) is 0 Å². The summed E-state index contributed by atoms with van der Waals surface area (Å²) in [7, 11) is 1.96. The van der Waals surface area contributed by atoms with E-state index in [9.17, 15) is 0 Å². The molecule has 1 aliphatic rings. The molecule has 0 aliphatic carbocycles. The fourth-order valence-corrected chi connectivity index (χ4v) is 1.17. The molecule has 15 heavy (non-hydrogen) atoms. The zero-order chi connectivity index (χ0) is 11.9. The minimum absolute atomic E-state index is 0. The van der Waals surface area contributed by atoms with Gasteiger partial charge in [-0.1, -0.05) is 27.7 Å². The lowest BCUT2D eigenvalue weighted by Crippen LogP contribution is -2.35. The first-order chi connectivity index (χ1) is 7.35. The predicted molar refractivity (Wildman–Crippen MR) is 70.6 cm³/mol. The molecular weight excluding hydrogens is 188 g/mol. The van der Waals surface area contributed by atoms with Crippen LogP contribution in [-0.4, -0.2) is 51.3 Å². The molecule has 1 saturated heterocycles. The molecule has 1 N–H and O–H groups in total. The Kier molecular flexibility index (Phi) is 18.8. The second-order valence-electron chi connectivity index (χ2n) is 3.15. The van der Waals surface area contributed by atoms with E-state index in [0.29, 0.717) is 0 Å². The number of nitrogens with one attached hydrogen (secondary N) is 1. The van der Waals surface area contributed by atoms with Crippen molar-refractivity contribution in [2.24, 2.45) is 0 Å². The third kappa shape index (κ3) is 13.9. The van der Waals surface area contributed by atoms with E-state index in [0.717, 1.165) is 32.8 Å². The molecule has 0 aromatic carbocycles. The summed E-state index contributed by atoms with van der Waals surface area (Å²) in [5.74, 6) is 0. The topological polar surface area (TPSA) is 24.5 Å². The van der Waals surface area contributed by atoms with Gasteiger partial charge in [-0.15, -0.1) is 0 Å². The Hall–Kier alpha value is -0.120. The minimum atomic E-state index is 0. The summed E-state index contributed by atoms with van der Waals surface area (Å²) in [4.78, 5) is 2.39. The molecular formula is C12H32N2O. The van der Waals surface area contributed by atoms with E-state index in [4.69, 9.17) is 4.74 Å². The van der Waals surface area contributed by atoms with Gasteiger partial charge in [0.05, 0.1) is 13.2 Å². The summed E-state index contributed by atoms with van der Waals surface area (Å²) < 4.78 is 5.16. The number of rotatable bonds is 3. The third-order valence-electron chi connectivity index (χ3n) is 2.05. The monoisotopic (exact) mass is 220 g/mol. The Labute approximate surface area is 97.7 Å². The van der Waals surface area contributed by atoms with Crippen molar-refractivity contribution in [3.63, 3.8) is 0 Å². The number of morpholine rings is 1. The SMILES string of the molecule is CC.CCCNC.CCN1CCOCC1.[HH]. The van der Waals surface area contributed by atoms with Gasteiger partial charge in [-0.25, -0.2) is 0 Å². The number of hydrogen-bond acceptors (Lipinski definition) is 3. The largest absolute Gasteiger partial charge is 0.379 e. The van der Waals surface area contributed by atoms with Crippen LogP contribution in [0.1, 0.15) is 35.5 Å². The van der Waals surface area contributed by atoms with E-state index in [2.05, 4.69) is 24.1 Å². The summed E-state index contributed by atoms with van der Waals surface area (Å²) in [6.45, 7) is 14.7. The first-order valence-corrected chi connectivity index (χ1v) is 6.29. The summed E-state index contributed by atoms with van der Waals surface area (Å²) in [5, 5.41) is 3.02. The second-order valence-corrected chi connectivity index (χ2v) is 3.15. The number of nitrogens with zero attached hydrogens (tertiary/aromatic N) is 1. The van der Waals surface area contributed by atoms with Crippen molar-refractivity contribution >= 4 is 0 Å². The first kappa shape index (κ1) is 17.3. The zero-order valence-corrected chi connectivity index (χ0v) is 11.3. The van der Waals surface area contributed by atoms with Crippen LogP contribution in [0.25, 0.3) is 0 Å². The molecule has 96 valence electrons. The maximum absolute atomic E-state index is 5.16. The first-order valence-electron chi connectivity index (χ1n) is 6.29. The predicted octanol–water partition coefficient (Wildman–Crippen LogP) is 2.23. The highest BCUT2D eigenvalue weighted by Gasteiger charge is 2.05. The normalized spacial score (nSPS) is 15.8. The van der Waals surface area contributed by atoms with Crippen LogP contribution in [0.15, 0.2) is 0 Å². The molecule has 1 fully saturated rings. The van der Waals surface area contributed by atoms with Gasteiger partial charge in [0, 0.05) is 14.5 Å². The van der Waals surface area contributed by atoms with Gasteiger partial charge in [-0.3, -0.25) is 4.90 Å². The van der Waals surface area contributed by atoms with E-state index in [1.54, 1.807) is 0 Å². The molecule has 0 aromatic rings. The molecule has 0 unspecified atom stereocenters. The Morgan fingerprint density at radius 2 is 1.73 bits per heavy atom. The maximum Gasteiger partial charge on any atom is 0.0594 e. The summed E-state index contributed by atoms with van der Waals surface area (Å²) in [6.07, 6.45) is 1.23. The standard InChI is InChI=1S/C6H13NO.C4H11N.C2H6.H2/c1-2-7-3-5-8-6-4-7;1-3-4-5-2;1-2;/h2-6H2,1H3;5H,3-4H2,1-2H3;1-2H3;1H. The zero-order valence-electron chi connectivity index (χ0n) is 11.3. The van der Waals surface area contributed by atoms with Gasteiger partial charge >= 0.3 is 0 Å².